The molecule has 0 unspecified atom stereocenters. The maximum absolute atomic E-state index is 13.1. The molecule has 0 aliphatic rings. The number of thiazole rings is 1. The van der Waals surface area contributed by atoms with Crippen LogP contribution in [0.2, 0.25) is 0 Å². The summed E-state index contributed by atoms with van der Waals surface area (Å²) in [6.45, 7) is 2.93. The minimum Gasteiger partial charge on any atom is -0.492 e. The van der Waals surface area contributed by atoms with Gasteiger partial charge in [0.1, 0.15) is 11.3 Å². The number of ether oxygens (including phenoxy) is 1. The number of nitrogens with zero attached hydrogens (tertiary/aromatic N) is 3. The first-order valence-corrected chi connectivity index (χ1v) is 10.2. The lowest BCUT2D eigenvalue weighted by Gasteiger charge is -2.19. The van der Waals surface area contributed by atoms with Crippen LogP contribution in [0, 0.1) is 0 Å². The first kappa shape index (κ1) is 17.6. The largest absolute Gasteiger partial charge is 0.492 e. The molecular weight excluding hydrogens is 378 g/mol. The monoisotopic (exact) mass is 395 g/mol. The Morgan fingerprint density at radius 2 is 2.11 bits per heavy atom. The van der Waals surface area contributed by atoms with Gasteiger partial charge < -0.3 is 4.74 Å². The zero-order valence-electron chi connectivity index (χ0n) is 14.7. The predicted molar refractivity (Wildman–Crippen MR) is 110 cm³/mol. The van der Waals surface area contributed by atoms with Crippen molar-refractivity contribution in [3.63, 3.8) is 0 Å². The number of hydrogen-bond acceptors (Lipinski definition) is 6. The molecule has 136 valence electrons. The highest BCUT2D eigenvalue weighted by molar-refractivity contribution is 7.22. The number of thiophene rings is 1. The Bertz CT molecular complexity index is 1050. The zero-order chi connectivity index (χ0) is 18.6. The van der Waals surface area contributed by atoms with Crippen LogP contribution in [0.25, 0.3) is 10.2 Å². The fraction of sp³-hybridized carbons (Fsp3) is 0.150. The second-order valence-electron chi connectivity index (χ2n) is 5.76. The Kier molecular flexibility index (Phi) is 5.13. The minimum absolute atomic E-state index is 0.0640. The predicted octanol–water partition coefficient (Wildman–Crippen LogP) is 5.00. The average Bonchev–Trinajstić information content (AvgIpc) is 3.37. The van der Waals surface area contributed by atoms with Crippen molar-refractivity contribution in [1.82, 2.24) is 9.97 Å². The van der Waals surface area contributed by atoms with Gasteiger partial charge in [-0.15, -0.1) is 11.3 Å². The summed E-state index contributed by atoms with van der Waals surface area (Å²) < 4.78 is 6.69. The van der Waals surface area contributed by atoms with Gasteiger partial charge in [0.05, 0.1) is 22.7 Å². The second-order valence-corrected chi connectivity index (χ2v) is 7.72. The Labute approximate surface area is 164 Å². The van der Waals surface area contributed by atoms with Crippen LogP contribution in [-0.4, -0.2) is 22.5 Å². The second kappa shape index (κ2) is 7.85. The number of rotatable bonds is 6. The number of anilines is 1. The topological polar surface area (TPSA) is 55.3 Å². The summed E-state index contributed by atoms with van der Waals surface area (Å²) in [5.74, 6) is 0.674. The number of amides is 1. The van der Waals surface area contributed by atoms with E-state index in [-0.39, 0.29) is 5.91 Å². The van der Waals surface area contributed by atoms with E-state index in [0.717, 1.165) is 21.5 Å². The highest BCUT2D eigenvalue weighted by atomic mass is 32.1. The molecule has 0 atom stereocenters. The van der Waals surface area contributed by atoms with E-state index in [1.165, 1.54) is 22.7 Å². The summed E-state index contributed by atoms with van der Waals surface area (Å²) in [4.78, 5) is 24.4. The maximum Gasteiger partial charge on any atom is 0.270 e. The van der Waals surface area contributed by atoms with Crippen LogP contribution in [0.4, 0.5) is 5.13 Å². The molecule has 0 radical (unpaired) electrons. The van der Waals surface area contributed by atoms with Crippen LogP contribution in [0.5, 0.6) is 5.75 Å². The van der Waals surface area contributed by atoms with Crippen molar-refractivity contribution in [2.45, 2.75) is 13.5 Å². The highest BCUT2D eigenvalue weighted by Crippen LogP contribution is 2.35. The maximum atomic E-state index is 13.1. The van der Waals surface area contributed by atoms with E-state index >= 15 is 0 Å². The van der Waals surface area contributed by atoms with Crippen molar-refractivity contribution < 1.29 is 9.53 Å². The van der Waals surface area contributed by atoms with Gasteiger partial charge in [-0.05, 0) is 42.1 Å². The van der Waals surface area contributed by atoms with E-state index in [4.69, 9.17) is 9.72 Å². The van der Waals surface area contributed by atoms with Crippen molar-refractivity contribution in [3.05, 3.63) is 70.7 Å². The Hall–Kier alpha value is -2.77. The molecule has 0 spiro atoms. The van der Waals surface area contributed by atoms with Crippen LogP contribution in [0.1, 0.15) is 22.2 Å². The van der Waals surface area contributed by atoms with Gasteiger partial charge in [-0.1, -0.05) is 29.5 Å². The van der Waals surface area contributed by atoms with Gasteiger partial charge in [0.15, 0.2) is 5.13 Å². The Balaban J connectivity index is 1.77. The van der Waals surface area contributed by atoms with Gasteiger partial charge in [-0.2, -0.15) is 0 Å². The lowest BCUT2D eigenvalue weighted by molar-refractivity contribution is 0.0989. The van der Waals surface area contributed by atoms with Crippen molar-refractivity contribution >= 4 is 43.9 Å². The van der Waals surface area contributed by atoms with Gasteiger partial charge in [0, 0.05) is 12.4 Å². The third kappa shape index (κ3) is 3.70. The molecule has 0 fully saturated rings. The van der Waals surface area contributed by atoms with Crippen LogP contribution in [0.15, 0.2) is 60.2 Å². The first-order chi connectivity index (χ1) is 13.3. The van der Waals surface area contributed by atoms with Gasteiger partial charge in [0.25, 0.3) is 5.91 Å². The quantitative estimate of drug-likeness (QED) is 0.461. The average molecular weight is 396 g/mol. The third-order valence-electron chi connectivity index (χ3n) is 3.94. The van der Waals surface area contributed by atoms with Gasteiger partial charge in [-0.3, -0.25) is 14.7 Å². The van der Waals surface area contributed by atoms with Gasteiger partial charge in [0.2, 0.25) is 0 Å². The number of pyridine rings is 1. The molecule has 0 saturated heterocycles. The SMILES string of the molecule is CCOc1cccc2sc(N(Cc3cccnc3)C(=O)c3cccs3)nc12. The summed E-state index contributed by atoms with van der Waals surface area (Å²) in [5.41, 5.74) is 1.74. The fourth-order valence-electron chi connectivity index (χ4n) is 2.73. The lowest BCUT2D eigenvalue weighted by atomic mass is 10.2. The van der Waals surface area contributed by atoms with E-state index in [1.807, 2.05) is 54.8 Å². The molecule has 0 saturated carbocycles. The number of carbonyl (C=O) groups is 1. The number of para-hydroxylation sites is 1. The molecule has 0 aliphatic carbocycles. The van der Waals surface area contributed by atoms with Crippen molar-refractivity contribution in [2.75, 3.05) is 11.5 Å². The number of aromatic nitrogens is 2. The number of hydrogen-bond donors (Lipinski definition) is 0. The molecule has 1 amide bonds. The molecule has 0 bridgehead atoms. The molecule has 27 heavy (non-hydrogen) atoms. The molecule has 1 aromatic carbocycles. The Morgan fingerprint density at radius 3 is 2.85 bits per heavy atom. The molecule has 0 N–H and O–H groups in total. The van der Waals surface area contributed by atoms with Gasteiger partial charge in [-0.25, -0.2) is 4.98 Å². The smallest absolute Gasteiger partial charge is 0.270 e. The van der Waals surface area contributed by atoms with Crippen LogP contribution in [0.3, 0.4) is 0 Å². The molecular formula is C20H17N3O2S2. The van der Waals surface area contributed by atoms with Crippen molar-refractivity contribution in [3.8, 4) is 5.75 Å². The minimum atomic E-state index is -0.0640. The third-order valence-corrected chi connectivity index (χ3v) is 5.84. The number of fused-ring (bicyclic) bond motifs is 1. The van der Waals surface area contributed by atoms with Crippen LogP contribution < -0.4 is 9.64 Å². The van der Waals surface area contributed by atoms with E-state index in [9.17, 15) is 4.79 Å². The summed E-state index contributed by atoms with van der Waals surface area (Å²) in [5, 5.41) is 2.56. The summed E-state index contributed by atoms with van der Waals surface area (Å²) >= 11 is 2.92. The first-order valence-electron chi connectivity index (χ1n) is 8.53. The molecule has 0 aliphatic heterocycles. The van der Waals surface area contributed by atoms with Crippen LogP contribution in [-0.2, 0) is 6.54 Å². The summed E-state index contributed by atoms with van der Waals surface area (Å²) in [7, 11) is 0. The number of carbonyl (C=O) groups excluding carboxylic acids is 1. The van der Waals surface area contributed by atoms with E-state index < -0.39 is 0 Å². The van der Waals surface area contributed by atoms with Crippen molar-refractivity contribution in [1.29, 1.82) is 0 Å². The Morgan fingerprint density at radius 1 is 1.19 bits per heavy atom. The van der Waals surface area contributed by atoms with E-state index in [1.54, 1.807) is 17.3 Å². The highest BCUT2D eigenvalue weighted by Gasteiger charge is 2.23. The van der Waals surface area contributed by atoms with Crippen molar-refractivity contribution in [2.24, 2.45) is 0 Å². The van der Waals surface area contributed by atoms with E-state index in [2.05, 4.69) is 4.98 Å². The van der Waals surface area contributed by atoms with Gasteiger partial charge >= 0.3 is 0 Å². The lowest BCUT2D eigenvalue weighted by Crippen LogP contribution is -2.29. The van der Waals surface area contributed by atoms with E-state index in [0.29, 0.717) is 23.2 Å². The molecule has 3 heterocycles. The summed E-state index contributed by atoms with van der Waals surface area (Å²) in [6, 6.07) is 13.4. The number of benzene rings is 1. The normalized spacial score (nSPS) is 10.9. The van der Waals surface area contributed by atoms with Crippen LogP contribution >= 0.6 is 22.7 Å². The molecule has 4 rings (SSSR count). The molecule has 3 aromatic heterocycles. The standard InChI is InChI=1S/C20H17N3O2S2/c1-2-25-15-7-3-8-16-18(15)22-20(27-16)23(13-14-6-4-10-21-12-14)19(24)17-9-5-11-26-17/h3-12H,2,13H2,1H3. The molecule has 5 nitrogen and oxygen atoms in total. The summed E-state index contributed by atoms with van der Waals surface area (Å²) in [6.07, 6.45) is 3.49. The molecule has 7 heteroatoms. The molecule has 4 aromatic rings. The zero-order valence-corrected chi connectivity index (χ0v) is 16.3. The fourth-order valence-corrected chi connectivity index (χ4v) is 4.39.